The first-order valence-electron chi connectivity index (χ1n) is 31.6. The van der Waals surface area contributed by atoms with Gasteiger partial charge in [-0.05, 0) is 99.7 Å². The summed E-state index contributed by atoms with van der Waals surface area (Å²) in [6, 6.07) is 0. The first kappa shape index (κ1) is 71.9. The maximum atomic E-state index is 12.8. The molecule has 89 heavy (non-hydrogen) atoms. The van der Waals surface area contributed by atoms with Gasteiger partial charge >= 0.3 is 0 Å². The van der Waals surface area contributed by atoms with Crippen molar-refractivity contribution in [3.8, 4) is 0 Å². The minimum Gasteiger partial charge on any atom is -0.394 e. The lowest BCUT2D eigenvalue weighted by molar-refractivity contribution is -0.380. The van der Waals surface area contributed by atoms with Gasteiger partial charge in [0.2, 0.25) is 0 Å². The van der Waals surface area contributed by atoms with E-state index in [1.165, 1.54) is 13.8 Å². The molecule has 516 valence electrons. The van der Waals surface area contributed by atoms with Crippen molar-refractivity contribution in [1.29, 1.82) is 0 Å². The van der Waals surface area contributed by atoms with E-state index in [1.54, 1.807) is 0 Å². The smallest absolute Gasteiger partial charge is 0.187 e. The van der Waals surface area contributed by atoms with Crippen molar-refractivity contribution in [2.75, 3.05) is 33.0 Å². The van der Waals surface area contributed by atoms with Crippen LogP contribution in [-0.4, -0.2) is 308 Å². The molecule has 0 bridgehead atoms. The lowest BCUT2D eigenvalue weighted by Crippen LogP contribution is -2.65. The second kappa shape index (κ2) is 27.6. The SMILES string of the molecule is C[C@H](CC[C@@H](O[C@@H]1O[C@H](CO[C@@H]2O[C@H](CO)[C@@H](O)[C@H](O)[C@H]2O)[C@@H](O)[C@H](O)[C@H]1O[C@@H]1O[C@H](CO)[C@@H](O)[C@H](O)[C@H]1O)C(C)(C)O)[C@@H]1CC[C@@]2(C)[C@@H]3CC=C4[C@@H](CC[C@H](O[C@@H]5O[C@H](CO[C@@H]6O[C@H](CO)[C@@H](O)[C@H](O)[C@H]6O)[C@@H](O)[C@H](O)[C@H]5O)C4(C)C)[C@]3(C)[C@@H](O)C[C@]12C. The van der Waals surface area contributed by atoms with Crippen molar-refractivity contribution in [2.45, 2.75) is 284 Å². The summed E-state index contributed by atoms with van der Waals surface area (Å²) >= 11 is 0. The van der Waals surface area contributed by atoms with Crippen molar-refractivity contribution in [3.63, 3.8) is 0 Å². The van der Waals surface area contributed by atoms with Crippen molar-refractivity contribution in [2.24, 2.45) is 45.3 Å². The molecule has 5 aliphatic heterocycles. The highest BCUT2D eigenvalue weighted by Crippen LogP contribution is 2.75. The van der Waals surface area contributed by atoms with E-state index in [-0.39, 0.29) is 35.5 Å². The Kier molecular flexibility index (Phi) is 22.3. The molecule has 0 aromatic rings. The molecule has 0 amide bonds. The van der Waals surface area contributed by atoms with Crippen LogP contribution in [0.5, 0.6) is 0 Å². The molecular weight excluding hydrogens is 1180 g/mol. The Labute approximate surface area is 517 Å². The lowest BCUT2D eigenvalue weighted by Gasteiger charge is -2.67. The molecule has 29 nitrogen and oxygen atoms in total. The molecule has 5 heterocycles. The van der Waals surface area contributed by atoms with Gasteiger partial charge in [0.05, 0.1) is 56.9 Å². The summed E-state index contributed by atoms with van der Waals surface area (Å²) in [7, 11) is 0. The molecule has 0 spiro atoms. The monoisotopic (exact) mass is 1290 g/mol. The van der Waals surface area contributed by atoms with E-state index in [9.17, 15) is 97.0 Å². The number of fused-ring (bicyclic) bond motifs is 5. The van der Waals surface area contributed by atoms with Gasteiger partial charge in [-0.15, -0.1) is 0 Å². The van der Waals surface area contributed by atoms with Crippen LogP contribution < -0.4 is 0 Å². The Bertz CT molecular complexity index is 2340. The van der Waals surface area contributed by atoms with Crippen LogP contribution in [0.15, 0.2) is 11.6 Å². The molecule has 29 heteroatoms. The highest BCUT2D eigenvalue weighted by atomic mass is 16.8. The molecule has 8 fully saturated rings. The normalized spacial score (nSPS) is 51.8. The van der Waals surface area contributed by atoms with Gasteiger partial charge in [-0.3, -0.25) is 0 Å². The summed E-state index contributed by atoms with van der Waals surface area (Å²) in [6.07, 6.45) is -37.4. The topological polar surface area (TPSA) is 477 Å². The number of hydrogen-bond donors (Lipinski definition) is 19. The van der Waals surface area contributed by atoms with Crippen LogP contribution in [0.25, 0.3) is 0 Å². The Hall–Kier alpha value is -1.42. The molecule has 0 radical (unpaired) electrons. The maximum absolute atomic E-state index is 12.8. The van der Waals surface area contributed by atoms with Gasteiger partial charge < -0.3 is 144 Å². The highest BCUT2D eigenvalue weighted by Gasteiger charge is 2.70. The van der Waals surface area contributed by atoms with Crippen LogP contribution in [-0.2, 0) is 47.4 Å². The van der Waals surface area contributed by atoms with E-state index in [0.29, 0.717) is 32.1 Å². The van der Waals surface area contributed by atoms with Crippen LogP contribution in [0, 0.1) is 45.3 Å². The molecule has 4 aliphatic carbocycles. The zero-order valence-corrected chi connectivity index (χ0v) is 51.8. The molecule has 19 N–H and O–H groups in total. The first-order chi connectivity index (χ1) is 41.6. The minimum atomic E-state index is -1.96. The van der Waals surface area contributed by atoms with Gasteiger partial charge in [-0.2, -0.15) is 0 Å². The van der Waals surface area contributed by atoms with E-state index < -0.39 is 227 Å². The molecule has 9 rings (SSSR count). The third kappa shape index (κ3) is 13.1. The van der Waals surface area contributed by atoms with Crippen LogP contribution >= 0.6 is 0 Å². The molecular formula is C60H102O29. The number of hydrogen-bond acceptors (Lipinski definition) is 29. The van der Waals surface area contributed by atoms with Crippen LogP contribution in [0.4, 0.5) is 0 Å². The predicted octanol–water partition coefficient (Wildman–Crippen LogP) is -5.41. The maximum Gasteiger partial charge on any atom is 0.187 e. The third-order valence-corrected chi connectivity index (χ3v) is 22.9. The molecule has 0 unspecified atom stereocenters. The fraction of sp³-hybridized carbons (Fsp3) is 0.967. The van der Waals surface area contributed by atoms with Crippen molar-refractivity contribution in [1.82, 2.24) is 0 Å². The summed E-state index contributed by atoms with van der Waals surface area (Å²) in [5.74, 6) is -0.0172. The number of aliphatic hydroxyl groups excluding tert-OH is 18. The second-order valence-electron chi connectivity index (χ2n) is 28.7. The number of ether oxygens (including phenoxy) is 10. The van der Waals surface area contributed by atoms with E-state index >= 15 is 0 Å². The summed E-state index contributed by atoms with van der Waals surface area (Å²) in [5.41, 5.74) is -2.49. The minimum absolute atomic E-state index is 0.0310. The van der Waals surface area contributed by atoms with E-state index in [1.807, 2.05) is 13.8 Å². The summed E-state index contributed by atoms with van der Waals surface area (Å²) in [4.78, 5) is 0. The van der Waals surface area contributed by atoms with Gasteiger partial charge in [0, 0.05) is 10.8 Å². The third-order valence-electron chi connectivity index (χ3n) is 22.9. The van der Waals surface area contributed by atoms with Crippen LogP contribution in [0.2, 0.25) is 0 Å². The second-order valence-corrected chi connectivity index (χ2v) is 28.7. The zero-order valence-electron chi connectivity index (χ0n) is 51.8. The summed E-state index contributed by atoms with van der Waals surface area (Å²) in [5, 5.41) is 205. The van der Waals surface area contributed by atoms with Crippen molar-refractivity contribution >= 4 is 0 Å². The molecule has 3 saturated carbocycles. The predicted molar refractivity (Wildman–Crippen MR) is 300 cm³/mol. The van der Waals surface area contributed by atoms with Gasteiger partial charge in [0.1, 0.15) is 122 Å². The van der Waals surface area contributed by atoms with E-state index in [4.69, 9.17) is 47.4 Å². The fourth-order valence-electron chi connectivity index (χ4n) is 17.0. The summed E-state index contributed by atoms with van der Waals surface area (Å²) < 4.78 is 59.3. The van der Waals surface area contributed by atoms with Crippen molar-refractivity contribution < 1.29 is 144 Å². The Morgan fingerprint density at radius 1 is 0.517 bits per heavy atom. The molecule has 0 aromatic carbocycles. The molecule has 35 atom stereocenters. The van der Waals surface area contributed by atoms with E-state index in [2.05, 4.69) is 33.8 Å². The average molecular weight is 1290 g/mol. The fourth-order valence-corrected chi connectivity index (χ4v) is 17.0. The standard InChI is InChI=1S/C60H102O29/c1-23(9-13-35(57(4,5)79)88-55-50(89-54-49(78)43(72)38(67)29(20-63)84-54)45(74)40(69)31(86-55)22-81-52-47(76)42(71)37(66)28(19-62)83-52)24-15-16-58(6)32-12-10-25-26(60(32,8)33(64)17-59(24,58)7)11-14-34(56(25,2)3)87-53-48(77)44(73)39(68)30(85-53)21-80-51-46(75)41(70)36(65)27(18-61)82-51/h10,23-24,26-55,61-79H,9,11-22H2,1-8H3/t23-,24+,26-,27-,28-,29-,30-,31-,32+,33+,34+,35-,36-,37-,38-,39-,40-,41+,42+,43+,44+,45+,46-,47-,48-,49-,50-,51-,52-,53+,54+,55+,58+,59-,60+/m1/s1. The van der Waals surface area contributed by atoms with E-state index in [0.717, 1.165) is 18.4 Å². The highest BCUT2D eigenvalue weighted by molar-refractivity contribution is 5.32. The Morgan fingerprint density at radius 3 is 1.45 bits per heavy atom. The molecule has 0 aromatic heterocycles. The zero-order chi connectivity index (χ0) is 65.5. The quantitative estimate of drug-likeness (QED) is 0.0506. The van der Waals surface area contributed by atoms with Gasteiger partial charge in [0.25, 0.3) is 0 Å². The van der Waals surface area contributed by atoms with Crippen LogP contribution in [0.3, 0.4) is 0 Å². The number of aliphatic hydroxyl groups is 19. The van der Waals surface area contributed by atoms with Crippen LogP contribution in [0.1, 0.15) is 107 Å². The number of allylic oxidation sites excluding steroid dienone is 1. The lowest BCUT2D eigenvalue weighted by atomic mass is 9.38. The summed E-state index contributed by atoms with van der Waals surface area (Å²) in [6.45, 7) is 12.6. The Balaban J connectivity index is 0.883. The van der Waals surface area contributed by atoms with Gasteiger partial charge in [-0.1, -0.05) is 53.2 Å². The Morgan fingerprint density at radius 2 is 0.955 bits per heavy atom. The van der Waals surface area contributed by atoms with Gasteiger partial charge in [-0.25, -0.2) is 0 Å². The average Bonchev–Trinajstić information content (AvgIpc) is 1.66. The molecule has 9 aliphatic rings. The number of rotatable bonds is 20. The van der Waals surface area contributed by atoms with Crippen molar-refractivity contribution in [3.05, 3.63) is 11.6 Å². The largest absolute Gasteiger partial charge is 0.394 e. The molecule has 5 saturated heterocycles. The van der Waals surface area contributed by atoms with Gasteiger partial charge in [0.15, 0.2) is 31.5 Å². The first-order valence-corrected chi connectivity index (χ1v) is 31.6.